The van der Waals surface area contributed by atoms with Gasteiger partial charge in [-0.15, -0.1) is 0 Å². The summed E-state index contributed by atoms with van der Waals surface area (Å²) in [5, 5.41) is 2.72. The third-order valence-electron chi connectivity index (χ3n) is 3.49. The molecule has 0 unspecified atom stereocenters. The summed E-state index contributed by atoms with van der Waals surface area (Å²) in [6.07, 6.45) is 1.94. The zero-order valence-electron chi connectivity index (χ0n) is 11.1. The van der Waals surface area contributed by atoms with Gasteiger partial charge < -0.3 is 16.0 Å². The second-order valence-electron chi connectivity index (χ2n) is 5.04. The van der Waals surface area contributed by atoms with Crippen LogP contribution in [0.1, 0.15) is 19.3 Å². The Hall–Kier alpha value is -2.11. The number of halogens is 1. The molecule has 1 heterocycles. The van der Waals surface area contributed by atoms with E-state index >= 15 is 0 Å². The summed E-state index contributed by atoms with van der Waals surface area (Å²) < 4.78 is 12.8. The van der Waals surface area contributed by atoms with E-state index in [0.717, 1.165) is 12.8 Å². The van der Waals surface area contributed by atoms with Crippen LogP contribution < -0.4 is 11.1 Å². The van der Waals surface area contributed by atoms with Gasteiger partial charge >= 0.3 is 6.03 Å². The summed E-state index contributed by atoms with van der Waals surface area (Å²) in [6, 6.07) is 5.44. The Kier molecular flexibility index (Phi) is 4.55. The van der Waals surface area contributed by atoms with E-state index in [0.29, 0.717) is 25.2 Å². The van der Waals surface area contributed by atoms with Gasteiger partial charge in [0.2, 0.25) is 5.91 Å². The van der Waals surface area contributed by atoms with Crippen molar-refractivity contribution in [3.63, 3.8) is 0 Å². The topological polar surface area (TPSA) is 75.4 Å². The van der Waals surface area contributed by atoms with E-state index in [2.05, 4.69) is 5.32 Å². The van der Waals surface area contributed by atoms with Crippen molar-refractivity contribution in [2.75, 3.05) is 18.4 Å². The molecule has 0 spiro atoms. The van der Waals surface area contributed by atoms with Crippen LogP contribution >= 0.6 is 0 Å². The molecule has 5 nitrogen and oxygen atoms in total. The summed E-state index contributed by atoms with van der Waals surface area (Å²) in [5.74, 6) is -0.364. The molecule has 3 N–H and O–H groups in total. The van der Waals surface area contributed by atoms with E-state index in [1.54, 1.807) is 4.90 Å². The first-order valence-electron chi connectivity index (χ1n) is 6.64. The van der Waals surface area contributed by atoms with Crippen molar-refractivity contribution in [1.82, 2.24) is 4.90 Å². The van der Waals surface area contributed by atoms with Crippen LogP contribution in [0.15, 0.2) is 24.3 Å². The summed E-state index contributed by atoms with van der Waals surface area (Å²) >= 11 is 0. The molecule has 1 fully saturated rings. The maximum absolute atomic E-state index is 12.8. The van der Waals surface area contributed by atoms with Crippen LogP contribution in [0.25, 0.3) is 0 Å². The van der Waals surface area contributed by atoms with Gasteiger partial charge in [0.1, 0.15) is 5.82 Å². The summed E-state index contributed by atoms with van der Waals surface area (Å²) in [6.45, 7) is 1.20. The van der Waals surface area contributed by atoms with Gasteiger partial charge in [-0.2, -0.15) is 0 Å². The molecule has 1 saturated heterocycles. The number of anilines is 1. The molecule has 2 rings (SSSR count). The predicted octanol–water partition coefficient (Wildman–Crippen LogP) is 1.94. The molecule has 0 aromatic heterocycles. The Morgan fingerprint density at radius 3 is 2.40 bits per heavy atom. The van der Waals surface area contributed by atoms with Crippen molar-refractivity contribution in [3.05, 3.63) is 30.1 Å². The van der Waals surface area contributed by atoms with Crippen molar-refractivity contribution < 1.29 is 14.0 Å². The van der Waals surface area contributed by atoms with Crippen LogP contribution in [-0.4, -0.2) is 29.9 Å². The van der Waals surface area contributed by atoms with E-state index in [1.807, 2.05) is 0 Å². The molecule has 1 aromatic carbocycles. The lowest BCUT2D eigenvalue weighted by Gasteiger charge is -2.31. The summed E-state index contributed by atoms with van der Waals surface area (Å²) in [5.41, 5.74) is 5.74. The average molecular weight is 279 g/mol. The molecule has 6 heteroatoms. The molecule has 0 aliphatic carbocycles. The lowest BCUT2D eigenvalue weighted by molar-refractivity contribution is -0.119. The standard InChI is InChI=1S/C14H18FN3O2/c15-11-1-3-12(4-2-11)17-14(20)18-7-5-10(6-8-18)9-13(16)19/h1-4,10H,5-9H2,(H2,16,19)(H,17,20). The smallest absolute Gasteiger partial charge is 0.321 e. The van der Waals surface area contributed by atoms with Gasteiger partial charge in [-0.25, -0.2) is 9.18 Å². The minimum atomic E-state index is -0.338. The number of urea groups is 1. The Morgan fingerprint density at radius 2 is 1.85 bits per heavy atom. The molecule has 20 heavy (non-hydrogen) atoms. The normalized spacial score (nSPS) is 15.9. The van der Waals surface area contributed by atoms with Crippen LogP contribution in [0.2, 0.25) is 0 Å². The molecule has 0 saturated carbocycles. The molecule has 1 aromatic rings. The summed E-state index contributed by atoms with van der Waals surface area (Å²) in [4.78, 5) is 24.6. The van der Waals surface area contributed by atoms with Gasteiger partial charge in [0.15, 0.2) is 0 Å². The minimum Gasteiger partial charge on any atom is -0.370 e. The molecule has 1 aliphatic heterocycles. The fourth-order valence-electron chi connectivity index (χ4n) is 2.36. The Labute approximate surface area is 116 Å². The quantitative estimate of drug-likeness (QED) is 0.887. The number of piperidine rings is 1. The number of hydrogen-bond acceptors (Lipinski definition) is 2. The number of carbonyl (C=O) groups excluding carboxylic acids is 2. The Morgan fingerprint density at radius 1 is 1.25 bits per heavy atom. The monoisotopic (exact) mass is 279 g/mol. The van der Waals surface area contributed by atoms with Crippen molar-refractivity contribution >= 4 is 17.6 Å². The number of hydrogen-bond donors (Lipinski definition) is 2. The molecular formula is C14H18FN3O2. The SMILES string of the molecule is NC(=O)CC1CCN(C(=O)Nc2ccc(F)cc2)CC1. The van der Waals surface area contributed by atoms with Crippen molar-refractivity contribution in [1.29, 1.82) is 0 Å². The molecular weight excluding hydrogens is 261 g/mol. The van der Waals surface area contributed by atoms with E-state index < -0.39 is 0 Å². The first-order valence-corrected chi connectivity index (χ1v) is 6.64. The molecule has 3 amide bonds. The van der Waals surface area contributed by atoms with E-state index in [9.17, 15) is 14.0 Å². The average Bonchev–Trinajstić information content (AvgIpc) is 2.41. The number of rotatable bonds is 3. The third kappa shape index (κ3) is 3.94. The van der Waals surface area contributed by atoms with E-state index in [-0.39, 0.29) is 23.7 Å². The Bertz CT molecular complexity index is 482. The fraction of sp³-hybridized carbons (Fsp3) is 0.429. The third-order valence-corrected chi connectivity index (χ3v) is 3.49. The zero-order chi connectivity index (χ0) is 14.5. The van der Waals surface area contributed by atoms with Gasteiger partial charge in [0.05, 0.1) is 0 Å². The number of nitrogens with one attached hydrogen (secondary N) is 1. The number of nitrogens with zero attached hydrogens (tertiary/aromatic N) is 1. The van der Waals surface area contributed by atoms with Crippen LogP contribution in [-0.2, 0) is 4.79 Å². The molecule has 0 atom stereocenters. The van der Waals surface area contributed by atoms with Gasteiger partial charge in [0, 0.05) is 25.2 Å². The predicted molar refractivity (Wildman–Crippen MR) is 73.5 cm³/mol. The highest BCUT2D eigenvalue weighted by atomic mass is 19.1. The molecule has 0 radical (unpaired) electrons. The van der Waals surface area contributed by atoms with Crippen LogP contribution in [0.5, 0.6) is 0 Å². The Balaban J connectivity index is 1.82. The number of likely N-dealkylation sites (tertiary alicyclic amines) is 1. The first-order chi connectivity index (χ1) is 9.54. The first kappa shape index (κ1) is 14.3. The number of amides is 3. The van der Waals surface area contributed by atoms with E-state index in [4.69, 9.17) is 5.73 Å². The second kappa shape index (κ2) is 6.36. The lowest BCUT2D eigenvalue weighted by Crippen LogP contribution is -2.41. The van der Waals surface area contributed by atoms with Gasteiger partial charge in [-0.3, -0.25) is 4.79 Å². The van der Waals surface area contributed by atoms with Gasteiger partial charge in [0.25, 0.3) is 0 Å². The largest absolute Gasteiger partial charge is 0.370 e. The van der Waals surface area contributed by atoms with Gasteiger partial charge in [-0.1, -0.05) is 0 Å². The molecule has 108 valence electrons. The van der Waals surface area contributed by atoms with Crippen molar-refractivity contribution in [3.8, 4) is 0 Å². The lowest BCUT2D eigenvalue weighted by atomic mass is 9.93. The highest BCUT2D eigenvalue weighted by molar-refractivity contribution is 5.89. The highest BCUT2D eigenvalue weighted by Crippen LogP contribution is 2.21. The van der Waals surface area contributed by atoms with Crippen LogP contribution in [0.3, 0.4) is 0 Å². The maximum atomic E-state index is 12.8. The molecule has 1 aliphatic rings. The van der Waals surface area contributed by atoms with E-state index in [1.165, 1.54) is 24.3 Å². The van der Waals surface area contributed by atoms with Crippen molar-refractivity contribution in [2.24, 2.45) is 11.7 Å². The number of nitrogens with two attached hydrogens (primary N) is 1. The number of carbonyl (C=O) groups is 2. The number of primary amides is 1. The minimum absolute atomic E-state index is 0.200. The van der Waals surface area contributed by atoms with Crippen LogP contribution in [0, 0.1) is 11.7 Å². The zero-order valence-corrected chi connectivity index (χ0v) is 11.1. The fourth-order valence-corrected chi connectivity index (χ4v) is 2.36. The maximum Gasteiger partial charge on any atom is 0.321 e. The second-order valence-corrected chi connectivity index (χ2v) is 5.04. The highest BCUT2D eigenvalue weighted by Gasteiger charge is 2.23. The van der Waals surface area contributed by atoms with Gasteiger partial charge in [-0.05, 0) is 43.0 Å². The van der Waals surface area contributed by atoms with Crippen LogP contribution in [0.4, 0.5) is 14.9 Å². The number of benzene rings is 1. The van der Waals surface area contributed by atoms with Crippen molar-refractivity contribution in [2.45, 2.75) is 19.3 Å². The molecule has 0 bridgehead atoms. The summed E-state index contributed by atoms with van der Waals surface area (Å²) in [7, 11) is 0.